The summed E-state index contributed by atoms with van der Waals surface area (Å²) in [5.41, 5.74) is 5.28. The van der Waals surface area contributed by atoms with Crippen LogP contribution in [0.2, 0.25) is 0 Å². The third kappa shape index (κ3) is 4.06. The number of amides is 2. The van der Waals surface area contributed by atoms with Crippen LogP contribution in [0.15, 0.2) is 34.0 Å². The largest absolute Gasteiger partial charge is 0.452 e. The normalized spacial score (nSPS) is 18.9. The SMILES string of the molecule is CC(C)c1coc(S(=N)(=O)NC(=O)Nc2c([C@H](C)C3CC3)ccc3c2CCC3)c1. The molecule has 2 atom stereocenters. The maximum Gasteiger partial charge on any atom is 0.332 e. The third-order valence-electron chi connectivity index (χ3n) is 6.16. The van der Waals surface area contributed by atoms with Gasteiger partial charge < -0.3 is 9.73 Å². The molecule has 2 aliphatic carbocycles. The van der Waals surface area contributed by atoms with Crippen LogP contribution < -0.4 is 10.0 Å². The molecule has 2 aromatic rings. The fourth-order valence-corrected chi connectivity index (χ4v) is 5.06. The van der Waals surface area contributed by atoms with Crippen molar-refractivity contribution in [3.8, 4) is 0 Å². The monoisotopic (exact) mass is 415 g/mol. The van der Waals surface area contributed by atoms with Gasteiger partial charge in [0.05, 0.1) is 6.26 Å². The van der Waals surface area contributed by atoms with Gasteiger partial charge in [0.1, 0.15) is 0 Å². The minimum Gasteiger partial charge on any atom is -0.452 e. The Kier molecular flexibility index (Phi) is 5.19. The zero-order chi connectivity index (χ0) is 20.8. The lowest BCUT2D eigenvalue weighted by Crippen LogP contribution is -2.34. The van der Waals surface area contributed by atoms with Crippen LogP contribution in [0.5, 0.6) is 0 Å². The number of fused-ring (bicyclic) bond motifs is 1. The van der Waals surface area contributed by atoms with Gasteiger partial charge in [0.2, 0.25) is 5.09 Å². The average Bonchev–Trinajstić information content (AvgIpc) is 3.17. The van der Waals surface area contributed by atoms with Crippen LogP contribution in [-0.2, 0) is 22.8 Å². The van der Waals surface area contributed by atoms with E-state index < -0.39 is 15.9 Å². The summed E-state index contributed by atoms with van der Waals surface area (Å²) in [5, 5.41) is 2.91. The van der Waals surface area contributed by atoms with E-state index in [2.05, 4.69) is 29.1 Å². The Morgan fingerprint density at radius 3 is 2.66 bits per heavy atom. The highest BCUT2D eigenvalue weighted by molar-refractivity contribution is 7.91. The molecule has 2 aliphatic rings. The van der Waals surface area contributed by atoms with Crippen molar-refractivity contribution in [1.82, 2.24) is 4.72 Å². The lowest BCUT2D eigenvalue weighted by Gasteiger charge is -2.20. The van der Waals surface area contributed by atoms with E-state index in [1.54, 1.807) is 6.07 Å². The van der Waals surface area contributed by atoms with Gasteiger partial charge in [-0.05, 0) is 78.2 Å². The van der Waals surface area contributed by atoms with Gasteiger partial charge in [-0.1, -0.05) is 32.9 Å². The molecule has 7 heteroatoms. The van der Waals surface area contributed by atoms with Crippen molar-refractivity contribution in [1.29, 1.82) is 4.78 Å². The number of hydrogen-bond acceptors (Lipinski definition) is 4. The second-order valence-corrected chi connectivity index (χ2v) is 10.3. The molecule has 0 spiro atoms. The third-order valence-corrected chi connectivity index (χ3v) is 7.41. The number of urea groups is 1. The maximum atomic E-state index is 12.8. The molecule has 1 heterocycles. The summed E-state index contributed by atoms with van der Waals surface area (Å²) in [7, 11) is -3.57. The minimum atomic E-state index is -3.57. The molecule has 0 saturated heterocycles. The molecule has 4 rings (SSSR count). The van der Waals surface area contributed by atoms with E-state index in [9.17, 15) is 9.00 Å². The van der Waals surface area contributed by atoms with Crippen LogP contribution in [0.1, 0.15) is 74.1 Å². The highest BCUT2D eigenvalue weighted by atomic mass is 32.2. The Labute approximate surface area is 172 Å². The van der Waals surface area contributed by atoms with Crippen molar-refractivity contribution in [2.24, 2.45) is 5.92 Å². The lowest BCUT2D eigenvalue weighted by atomic mass is 9.91. The van der Waals surface area contributed by atoms with Crippen molar-refractivity contribution >= 4 is 21.6 Å². The number of carbonyl (C=O) groups excluding carboxylic acids is 1. The van der Waals surface area contributed by atoms with E-state index >= 15 is 0 Å². The van der Waals surface area contributed by atoms with Crippen molar-refractivity contribution < 1.29 is 13.4 Å². The number of nitrogens with one attached hydrogen (secondary N) is 3. The smallest absolute Gasteiger partial charge is 0.332 e. The molecule has 1 aromatic carbocycles. The number of carbonyl (C=O) groups is 1. The van der Waals surface area contributed by atoms with Gasteiger partial charge in [-0.25, -0.2) is 18.5 Å². The summed E-state index contributed by atoms with van der Waals surface area (Å²) in [6.07, 6.45) is 6.97. The maximum absolute atomic E-state index is 12.8. The van der Waals surface area contributed by atoms with Gasteiger partial charge in [0.15, 0.2) is 9.92 Å². The number of anilines is 1. The lowest BCUT2D eigenvalue weighted by molar-refractivity contribution is 0.256. The van der Waals surface area contributed by atoms with Crippen LogP contribution in [0.25, 0.3) is 0 Å². The Hall–Kier alpha value is -2.28. The molecule has 6 nitrogen and oxygen atoms in total. The summed E-state index contributed by atoms with van der Waals surface area (Å²) in [4.78, 5) is 12.7. The van der Waals surface area contributed by atoms with Crippen molar-refractivity contribution in [2.45, 2.75) is 69.8 Å². The molecular formula is C22H29N3O3S. The number of hydrogen-bond donors (Lipinski definition) is 3. The fourth-order valence-electron chi connectivity index (χ4n) is 4.17. The molecule has 3 N–H and O–H groups in total. The topological polar surface area (TPSA) is 95.2 Å². The second kappa shape index (κ2) is 7.52. The van der Waals surface area contributed by atoms with Gasteiger partial charge in [-0.15, -0.1) is 0 Å². The van der Waals surface area contributed by atoms with Crippen molar-refractivity contribution in [2.75, 3.05) is 5.32 Å². The number of aryl methyl sites for hydroxylation is 1. The molecule has 0 aliphatic heterocycles. The van der Waals surface area contributed by atoms with Gasteiger partial charge in [0.25, 0.3) is 0 Å². The molecule has 0 radical (unpaired) electrons. The molecule has 2 amide bonds. The minimum absolute atomic E-state index is 0.0267. The Morgan fingerprint density at radius 1 is 1.24 bits per heavy atom. The van der Waals surface area contributed by atoms with Crippen LogP contribution in [0, 0.1) is 10.7 Å². The molecule has 1 aromatic heterocycles. The van der Waals surface area contributed by atoms with Gasteiger partial charge in [0, 0.05) is 5.69 Å². The zero-order valence-electron chi connectivity index (χ0n) is 17.2. The molecule has 0 bridgehead atoms. The van der Waals surface area contributed by atoms with Crippen LogP contribution in [-0.4, -0.2) is 10.2 Å². The Bertz CT molecular complexity index is 1040. The number of rotatable bonds is 6. The Morgan fingerprint density at radius 2 is 2.00 bits per heavy atom. The first-order chi connectivity index (χ1) is 13.8. The van der Waals surface area contributed by atoms with E-state index in [0.717, 1.165) is 36.1 Å². The summed E-state index contributed by atoms with van der Waals surface area (Å²) in [6.45, 7) is 6.18. The molecule has 156 valence electrons. The molecular weight excluding hydrogens is 386 g/mol. The van der Waals surface area contributed by atoms with Gasteiger partial charge in [-0.2, -0.15) is 0 Å². The van der Waals surface area contributed by atoms with E-state index in [0.29, 0.717) is 11.8 Å². The first kappa shape index (κ1) is 20.0. The summed E-state index contributed by atoms with van der Waals surface area (Å²) in [6, 6.07) is 5.27. The molecule has 1 saturated carbocycles. The predicted octanol–water partition coefficient (Wildman–Crippen LogP) is 5.55. The Balaban J connectivity index is 1.57. The standard InChI is InChI=1S/C22H29N3O3S/c1-13(2)17-11-20(28-12-17)29(23,27)25-22(26)24-21-18(14(3)15-7-8-15)10-9-16-5-4-6-19(16)21/h9-15H,4-8H2,1-3H3,(H3,23,24,25,26,27)/t14-,29?/m1/s1. The van der Waals surface area contributed by atoms with Gasteiger partial charge >= 0.3 is 6.03 Å². The van der Waals surface area contributed by atoms with E-state index in [-0.39, 0.29) is 11.0 Å². The molecule has 1 unspecified atom stereocenters. The molecule has 29 heavy (non-hydrogen) atoms. The number of furan rings is 1. The van der Waals surface area contributed by atoms with E-state index in [4.69, 9.17) is 9.20 Å². The number of benzene rings is 1. The second-order valence-electron chi connectivity index (χ2n) is 8.61. The quantitative estimate of drug-likeness (QED) is 0.577. The first-order valence-electron chi connectivity index (χ1n) is 10.4. The highest BCUT2D eigenvalue weighted by Crippen LogP contribution is 2.46. The average molecular weight is 416 g/mol. The molecule has 1 fully saturated rings. The van der Waals surface area contributed by atoms with E-state index in [1.807, 2.05) is 13.8 Å². The summed E-state index contributed by atoms with van der Waals surface area (Å²) < 4.78 is 28.6. The van der Waals surface area contributed by atoms with Crippen molar-refractivity contribution in [3.05, 3.63) is 46.7 Å². The summed E-state index contributed by atoms with van der Waals surface area (Å²) >= 11 is 0. The first-order valence-corrected chi connectivity index (χ1v) is 11.9. The predicted molar refractivity (Wildman–Crippen MR) is 114 cm³/mol. The highest BCUT2D eigenvalue weighted by Gasteiger charge is 2.32. The van der Waals surface area contributed by atoms with Crippen molar-refractivity contribution in [3.63, 3.8) is 0 Å². The summed E-state index contributed by atoms with van der Waals surface area (Å²) in [5.74, 6) is 1.22. The van der Waals surface area contributed by atoms with Gasteiger partial charge in [-0.3, -0.25) is 0 Å². The van der Waals surface area contributed by atoms with Crippen LogP contribution in [0.4, 0.5) is 10.5 Å². The van der Waals surface area contributed by atoms with E-state index in [1.165, 1.54) is 30.2 Å². The fraction of sp³-hybridized carbons (Fsp3) is 0.500. The van der Waals surface area contributed by atoms with Crippen LogP contribution >= 0.6 is 0 Å². The van der Waals surface area contributed by atoms with Crippen LogP contribution in [0.3, 0.4) is 0 Å². The zero-order valence-corrected chi connectivity index (χ0v) is 18.0.